The first-order valence-electron chi connectivity index (χ1n) is 4.65. The van der Waals surface area contributed by atoms with Crippen molar-refractivity contribution in [2.24, 2.45) is 0 Å². The van der Waals surface area contributed by atoms with E-state index >= 15 is 0 Å². The van der Waals surface area contributed by atoms with Crippen LogP contribution in [0.3, 0.4) is 0 Å². The van der Waals surface area contributed by atoms with Gasteiger partial charge in [0, 0.05) is 23.1 Å². The number of hydrogen-bond acceptors (Lipinski definition) is 2. The lowest BCUT2D eigenvalue weighted by molar-refractivity contribution is 0.717. The molecule has 0 aliphatic carbocycles. The Hall–Kier alpha value is -0.440. The molecule has 0 aromatic carbocycles. The maximum atomic E-state index is 4.35. The highest BCUT2D eigenvalue weighted by molar-refractivity contribution is 9.09. The Labute approximate surface area is 87.9 Å². The van der Waals surface area contributed by atoms with Gasteiger partial charge in [0.1, 0.15) is 5.82 Å². The molecular weight excluding hydrogens is 228 g/mol. The summed E-state index contributed by atoms with van der Waals surface area (Å²) in [7, 11) is 0. The van der Waals surface area contributed by atoms with E-state index in [1.54, 1.807) is 0 Å². The molecule has 0 fully saturated rings. The van der Waals surface area contributed by atoms with Gasteiger partial charge >= 0.3 is 0 Å². The molecule has 13 heavy (non-hydrogen) atoms. The van der Waals surface area contributed by atoms with Crippen LogP contribution in [-0.4, -0.2) is 14.8 Å². The highest BCUT2D eigenvalue weighted by atomic mass is 79.9. The average molecular weight is 243 g/mol. The van der Waals surface area contributed by atoms with Crippen LogP contribution in [0.1, 0.15) is 31.3 Å². The van der Waals surface area contributed by atoms with Gasteiger partial charge < -0.3 is 0 Å². The zero-order valence-corrected chi connectivity index (χ0v) is 9.71. The summed E-state index contributed by atoms with van der Waals surface area (Å²) in [5, 5.41) is 0. The van der Waals surface area contributed by atoms with Crippen molar-refractivity contribution in [3.05, 3.63) is 23.8 Å². The first-order chi connectivity index (χ1) is 6.22. The molecule has 0 saturated heterocycles. The summed E-state index contributed by atoms with van der Waals surface area (Å²) in [6.45, 7) is 4.18. The lowest BCUT2D eigenvalue weighted by atomic mass is 10.2. The molecule has 1 heterocycles. The Morgan fingerprint density at radius 1 is 1.54 bits per heavy atom. The summed E-state index contributed by atoms with van der Waals surface area (Å²) in [5.41, 5.74) is 1.04. The average Bonchev–Trinajstić information content (AvgIpc) is 2.04. The third-order valence-electron chi connectivity index (χ3n) is 1.85. The van der Waals surface area contributed by atoms with Gasteiger partial charge in [0.2, 0.25) is 0 Å². The first-order valence-corrected chi connectivity index (χ1v) is 5.56. The SMILES string of the molecule is CCCC(Br)Cc1nccc(C)n1. The summed E-state index contributed by atoms with van der Waals surface area (Å²) < 4.78 is 0. The molecule has 1 aromatic heterocycles. The monoisotopic (exact) mass is 242 g/mol. The van der Waals surface area contributed by atoms with Crippen molar-refractivity contribution in [3.8, 4) is 0 Å². The van der Waals surface area contributed by atoms with E-state index in [0.29, 0.717) is 4.83 Å². The smallest absolute Gasteiger partial charge is 0.129 e. The molecule has 1 rings (SSSR count). The maximum Gasteiger partial charge on any atom is 0.129 e. The van der Waals surface area contributed by atoms with Crippen LogP contribution in [0.25, 0.3) is 0 Å². The number of aryl methyl sites for hydroxylation is 1. The molecule has 0 spiro atoms. The molecule has 0 N–H and O–H groups in total. The van der Waals surface area contributed by atoms with E-state index in [1.807, 2.05) is 19.2 Å². The quantitative estimate of drug-likeness (QED) is 0.760. The van der Waals surface area contributed by atoms with Crippen LogP contribution in [0.4, 0.5) is 0 Å². The highest BCUT2D eigenvalue weighted by Gasteiger charge is 2.05. The van der Waals surface area contributed by atoms with E-state index < -0.39 is 0 Å². The third-order valence-corrected chi connectivity index (χ3v) is 2.63. The van der Waals surface area contributed by atoms with Gasteiger partial charge in [-0.15, -0.1) is 0 Å². The topological polar surface area (TPSA) is 25.8 Å². The van der Waals surface area contributed by atoms with Crippen LogP contribution in [0, 0.1) is 6.92 Å². The predicted molar refractivity (Wildman–Crippen MR) is 58.1 cm³/mol. The van der Waals surface area contributed by atoms with E-state index in [0.717, 1.165) is 17.9 Å². The van der Waals surface area contributed by atoms with Crippen molar-refractivity contribution in [2.45, 2.75) is 37.9 Å². The Kier molecular flexibility index (Phi) is 4.36. The van der Waals surface area contributed by atoms with Crippen molar-refractivity contribution >= 4 is 15.9 Å². The van der Waals surface area contributed by atoms with Crippen LogP contribution in [0.15, 0.2) is 12.3 Å². The molecule has 0 saturated carbocycles. The van der Waals surface area contributed by atoms with Crippen molar-refractivity contribution < 1.29 is 0 Å². The number of halogens is 1. The Morgan fingerprint density at radius 2 is 2.31 bits per heavy atom. The van der Waals surface area contributed by atoms with E-state index in [-0.39, 0.29) is 0 Å². The lowest BCUT2D eigenvalue weighted by Crippen LogP contribution is -2.06. The van der Waals surface area contributed by atoms with Crippen LogP contribution < -0.4 is 0 Å². The van der Waals surface area contributed by atoms with Crippen LogP contribution in [0.2, 0.25) is 0 Å². The van der Waals surface area contributed by atoms with Gasteiger partial charge in [0.25, 0.3) is 0 Å². The minimum Gasteiger partial charge on any atom is -0.241 e. The zero-order valence-electron chi connectivity index (χ0n) is 8.13. The maximum absolute atomic E-state index is 4.35. The van der Waals surface area contributed by atoms with Gasteiger partial charge in [0.15, 0.2) is 0 Å². The zero-order chi connectivity index (χ0) is 9.68. The van der Waals surface area contributed by atoms with Gasteiger partial charge in [-0.25, -0.2) is 9.97 Å². The van der Waals surface area contributed by atoms with E-state index in [9.17, 15) is 0 Å². The third kappa shape index (κ3) is 3.85. The molecular formula is C10H15BrN2. The summed E-state index contributed by atoms with van der Waals surface area (Å²) >= 11 is 3.62. The minimum atomic E-state index is 0.513. The molecule has 0 bridgehead atoms. The first kappa shape index (κ1) is 10.6. The second-order valence-corrected chi connectivity index (χ2v) is 4.50. The standard InChI is InChI=1S/C10H15BrN2/c1-3-4-9(11)7-10-12-6-5-8(2)13-10/h5-6,9H,3-4,7H2,1-2H3. The van der Waals surface area contributed by atoms with E-state index in [4.69, 9.17) is 0 Å². The summed E-state index contributed by atoms with van der Waals surface area (Å²) in [4.78, 5) is 9.09. The van der Waals surface area contributed by atoms with E-state index in [1.165, 1.54) is 12.8 Å². The Bertz CT molecular complexity index is 263. The predicted octanol–water partition coefficient (Wildman–Crippen LogP) is 2.89. The summed E-state index contributed by atoms with van der Waals surface area (Å²) in [5.74, 6) is 0.940. The number of hydrogen-bond donors (Lipinski definition) is 0. The fraction of sp³-hybridized carbons (Fsp3) is 0.600. The van der Waals surface area contributed by atoms with Crippen LogP contribution in [-0.2, 0) is 6.42 Å². The van der Waals surface area contributed by atoms with E-state index in [2.05, 4.69) is 32.8 Å². The summed E-state index contributed by atoms with van der Waals surface area (Å²) in [6, 6.07) is 1.92. The van der Waals surface area contributed by atoms with Crippen molar-refractivity contribution in [1.82, 2.24) is 9.97 Å². The molecule has 1 aromatic rings. The molecule has 1 unspecified atom stereocenters. The highest BCUT2D eigenvalue weighted by Crippen LogP contribution is 2.12. The number of nitrogens with zero attached hydrogens (tertiary/aromatic N) is 2. The molecule has 2 nitrogen and oxygen atoms in total. The number of rotatable bonds is 4. The molecule has 0 radical (unpaired) electrons. The van der Waals surface area contributed by atoms with Crippen molar-refractivity contribution in [2.75, 3.05) is 0 Å². The van der Waals surface area contributed by atoms with Crippen LogP contribution in [0.5, 0.6) is 0 Å². The fourth-order valence-corrected chi connectivity index (χ4v) is 1.96. The van der Waals surface area contributed by atoms with Gasteiger partial charge in [-0.2, -0.15) is 0 Å². The van der Waals surface area contributed by atoms with Crippen LogP contribution >= 0.6 is 15.9 Å². The Morgan fingerprint density at radius 3 is 2.92 bits per heavy atom. The molecule has 0 aliphatic rings. The Balaban J connectivity index is 2.53. The van der Waals surface area contributed by atoms with Gasteiger partial charge in [-0.1, -0.05) is 29.3 Å². The second kappa shape index (κ2) is 5.32. The van der Waals surface area contributed by atoms with Gasteiger partial charge in [0.05, 0.1) is 0 Å². The lowest BCUT2D eigenvalue weighted by Gasteiger charge is -2.06. The summed E-state index contributed by atoms with van der Waals surface area (Å²) in [6.07, 6.45) is 5.12. The normalized spacial score (nSPS) is 12.8. The molecule has 3 heteroatoms. The number of alkyl halides is 1. The fourth-order valence-electron chi connectivity index (χ4n) is 1.21. The largest absolute Gasteiger partial charge is 0.241 e. The van der Waals surface area contributed by atoms with Gasteiger partial charge in [-0.05, 0) is 19.4 Å². The van der Waals surface area contributed by atoms with Crippen molar-refractivity contribution in [3.63, 3.8) is 0 Å². The van der Waals surface area contributed by atoms with Crippen molar-refractivity contribution in [1.29, 1.82) is 0 Å². The molecule has 72 valence electrons. The van der Waals surface area contributed by atoms with Gasteiger partial charge in [-0.3, -0.25) is 0 Å². The second-order valence-electron chi connectivity index (χ2n) is 3.20. The minimum absolute atomic E-state index is 0.513. The molecule has 0 aliphatic heterocycles. The number of aromatic nitrogens is 2. The molecule has 0 amide bonds. The molecule has 1 atom stereocenters.